The summed E-state index contributed by atoms with van der Waals surface area (Å²) in [4.78, 5) is 0. The van der Waals surface area contributed by atoms with Crippen LogP contribution in [0.4, 0.5) is 0 Å². The van der Waals surface area contributed by atoms with Crippen molar-refractivity contribution in [3.8, 4) is 5.75 Å². The van der Waals surface area contributed by atoms with E-state index in [0.29, 0.717) is 15.3 Å². The highest BCUT2D eigenvalue weighted by molar-refractivity contribution is 14.1. The molecule has 1 nitrogen and oxygen atoms in total. The highest BCUT2D eigenvalue weighted by atomic mass is 127. The van der Waals surface area contributed by atoms with E-state index in [-0.39, 0.29) is 0 Å². The Hall–Kier alpha value is -0.185. The lowest BCUT2D eigenvalue weighted by Crippen LogP contribution is -2.37. The Balaban J connectivity index is 1.92. The van der Waals surface area contributed by atoms with Crippen LogP contribution in [0.25, 0.3) is 0 Å². The minimum Gasteiger partial charge on any atom is -0.489 e. The molecule has 1 aliphatic carbocycles. The van der Waals surface area contributed by atoms with Gasteiger partial charge < -0.3 is 4.74 Å². The summed E-state index contributed by atoms with van der Waals surface area (Å²) in [6.45, 7) is 0. The molecule has 3 atom stereocenters. The van der Waals surface area contributed by atoms with Gasteiger partial charge in [0.25, 0.3) is 0 Å². The van der Waals surface area contributed by atoms with Crippen molar-refractivity contribution in [2.75, 3.05) is 0 Å². The van der Waals surface area contributed by atoms with E-state index in [1.54, 1.807) is 0 Å². The highest BCUT2D eigenvalue weighted by Gasteiger charge is 2.42. The fraction of sp³-hybridized carbons (Fsp3) is 0.500. The topological polar surface area (TPSA) is 9.23 Å². The summed E-state index contributed by atoms with van der Waals surface area (Å²) in [5.41, 5.74) is 1.44. The number of benzene rings is 1. The summed E-state index contributed by atoms with van der Waals surface area (Å²) in [7, 11) is 2.34. The zero-order valence-corrected chi connectivity index (χ0v) is 11.0. The van der Waals surface area contributed by atoms with Gasteiger partial charge in [0.05, 0.1) is 0 Å². The molecule has 3 rings (SSSR count). The Labute approximate surface area is 105 Å². The van der Waals surface area contributed by atoms with Crippen LogP contribution in [-0.2, 0) is 0 Å². The third-order valence-corrected chi connectivity index (χ3v) is 4.63. The first-order valence-electron chi connectivity index (χ1n) is 5.60. The van der Waals surface area contributed by atoms with E-state index in [1.165, 1.54) is 24.8 Å². The summed E-state index contributed by atoms with van der Waals surface area (Å²) in [6.07, 6.45) is 4.21. The van der Waals surface area contributed by atoms with Crippen molar-refractivity contribution in [3.63, 3.8) is 0 Å². The van der Waals surface area contributed by atoms with Gasteiger partial charge >= 0.3 is 0 Å². The van der Waals surface area contributed by atoms with Crippen LogP contribution in [-0.4, -0.2) is 17.3 Å². The molecule has 0 radical (unpaired) electrons. The minimum absolute atomic E-state index is 0.429. The Morgan fingerprint density at radius 1 is 1.40 bits per heavy atom. The molecule has 2 aliphatic rings. The predicted molar refractivity (Wildman–Crippen MR) is 72.7 cm³/mol. The van der Waals surface area contributed by atoms with Crippen molar-refractivity contribution < 1.29 is 4.74 Å². The number of hydrogen-bond donors (Lipinski definition) is 0. The molecule has 15 heavy (non-hydrogen) atoms. The fourth-order valence-corrected chi connectivity index (χ4v) is 3.59. The lowest BCUT2D eigenvalue weighted by Gasteiger charge is -2.35. The van der Waals surface area contributed by atoms with E-state index in [1.807, 2.05) is 0 Å². The van der Waals surface area contributed by atoms with Crippen LogP contribution >= 0.6 is 22.6 Å². The van der Waals surface area contributed by atoms with Gasteiger partial charge in [-0.25, -0.2) is 0 Å². The SMILES string of the molecule is BC1(I)CCC2c3ccccc3OC2C1. The zero-order valence-electron chi connectivity index (χ0n) is 8.87. The van der Waals surface area contributed by atoms with E-state index >= 15 is 0 Å². The first kappa shape index (κ1) is 10.0. The molecular formula is C12H14BIO. The van der Waals surface area contributed by atoms with Crippen LogP contribution in [0.1, 0.15) is 30.7 Å². The van der Waals surface area contributed by atoms with E-state index in [2.05, 4.69) is 54.7 Å². The highest BCUT2D eigenvalue weighted by Crippen LogP contribution is 2.49. The molecular weight excluding hydrogens is 298 g/mol. The number of ether oxygens (including phenoxy) is 1. The monoisotopic (exact) mass is 312 g/mol. The quantitative estimate of drug-likeness (QED) is 0.406. The number of rotatable bonds is 0. The maximum absolute atomic E-state index is 6.04. The second-order valence-electron chi connectivity index (χ2n) is 4.96. The molecule has 0 bridgehead atoms. The van der Waals surface area contributed by atoms with Crippen LogP contribution < -0.4 is 4.74 Å². The van der Waals surface area contributed by atoms with Gasteiger partial charge in [0, 0.05) is 11.5 Å². The largest absolute Gasteiger partial charge is 0.489 e. The molecule has 0 spiro atoms. The summed E-state index contributed by atoms with van der Waals surface area (Å²) < 4.78 is 6.47. The zero-order chi connectivity index (χ0) is 10.5. The van der Waals surface area contributed by atoms with Gasteiger partial charge in [0.15, 0.2) is 0 Å². The Kier molecular flexibility index (Phi) is 2.27. The van der Waals surface area contributed by atoms with E-state index < -0.39 is 0 Å². The first-order chi connectivity index (χ1) is 7.16. The molecule has 3 unspecified atom stereocenters. The second-order valence-corrected chi connectivity index (χ2v) is 7.56. The summed E-state index contributed by atoms with van der Waals surface area (Å²) >= 11 is 2.59. The average Bonchev–Trinajstić information content (AvgIpc) is 2.52. The van der Waals surface area contributed by atoms with Crippen LogP contribution in [0.2, 0.25) is 0 Å². The van der Waals surface area contributed by atoms with Crippen LogP contribution in [0, 0.1) is 0 Å². The van der Waals surface area contributed by atoms with Crippen LogP contribution in [0.15, 0.2) is 24.3 Å². The number of halogens is 1. The van der Waals surface area contributed by atoms with Crippen molar-refractivity contribution in [1.29, 1.82) is 0 Å². The molecule has 0 amide bonds. The first-order valence-corrected chi connectivity index (χ1v) is 6.68. The van der Waals surface area contributed by atoms with Gasteiger partial charge in [-0.15, -0.1) is 0 Å². The summed E-state index contributed by atoms with van der Waals surface area (Å²) in [6, 6.07) is 8.54. The lowest BCUT2D eigenvalue weighted by molar-refractivity contribution is 0.163. The standard InChI is InChI=1S/C12H14BIO/c13-12(14)6-5-9-8-3-1-2-4-10(8)15-11(9)7-12/h1-4,9,11H,5-7,13H2. The van der Waals surface area contributed by atoms with Gasteiger partial charge in [-0.05, 0) is 28.6 Å². The predicted octanol–water partition coefficient (Wildman–Crippen LogP) is 2.48. The average molecular weight is 312 g/mol. The molecule has 1 saturated carbocycles. The Bertz CT molecular complexity index is 391. The van der Waals surface area contributed by atoms with Gasteiger partial charge in [-0.2, -0.15) is 0 Å². The van der Waals surface area contributed by atoms with Gasteiger partial charge in [0.2, 0.25) is 0 Å². The van der Waals surface area contributed by atoms with E-state index in [0.717, 1.165) is 5.75 Å². The number of hydrogen-bond acceptors (Lipinski definition) is 1. The maximum Gasteiger partial charge on any atom is 0.123 e. The Morgan fingerprint density at radius 3 is 3.07 bits per heavy atom. The molecule has 78 valence electrons. The molecule has 0 aromatic heterocycles. The molecule has 3 heteroatoms. The summed E-state index contributed by atoms with van der Waals surface area (Å²) in [5.74, 6) is 1.78. The molecule has 1 heterocycles. The third-order valence-electron chi connectivity index (χ3n) is 3.65. The van der Waals surface area contributed by atoms with Crippen molar-refractivity contribution in [2.45, 2.75) is 34.6 Å². The molecule has 1 aromatic rings. The third kappa shape index (κ3) is 1.69. The molecule has 1 fully saturated rings. The number of alkyl halides is 1. The fourth-order valence-electron chi connectivity index (χ4n) is 2.84. The minimum atomic E-state index is 0.429. The van der Waals surface area contributed by atoms with Gasteiger partial charge in [0.1, 0.15) is 19.7 Å². The smallest absolute Gasteiger partial charge is 0.123 e. The Morgan fingerprint density at radius 2 is 2.20 bits per heavy atom. The van der Waals surface area contributed by atoms with Gasteiger partial charge in [-0.1, -0.05) is 40.8 Å². The van der Waals surface area contributed by atoms with E-state index in [9.17, 15) is 0 Å². The van der Waals surface area contributed by atoms with Crippen LogP contribution in [0.3, 0.4) is 0 Å². The number of para-hydroxylation sites is 1. The summed E-state index contributed by atoms with van der Waals surface area (Å²) in [5, 5.41) is 0. The molecule has 1 aliphatic heterocycles. The normalized spacial score (nSPS) is 37.9. The van der Waals surface area contributed by atoms with Crippen molar-refractivity contribution in [2.24, 2.45) is 0 Å². The van der Waals surface area contributed by atoms with Crippen molar-refractivity contribution in [1.82, 2.24) is 0 Å². The van der Waals surface area contributed by atoms with Gasteiger partial charge in [-0.3, -0.25) is 0 Å². The maximum atomic E-state index is 6.04. The second kappa shape index (κ2) is 3.40. The lowest BCUT2D eigenvalue weighted by atomic mass is 9.69. The molecule has 0 N–H and O–H groups in total. The molecule has 0 saturated heterocycles. The van der Waals surface area contributed by atoms with Crippen LogP contribution in [0.5, 0.6) is 5.75 Å². The van der Waals surface area contributed by atoms with E-state index in [4.69, 9.17) is 4.74 Å². The van der Waals surface area contributed by atoms with Crippen molar-refractivity contribution >= 4 is 30.4 Å². The molecule has 1 aromatic carbocycles. The number of fused-ring (bicyclic) bond motifs is 3. The van der Waals surface area contributed by atoms with Crippen molar-refractivity contribution in [3.05, 3.63) is 29.8 Å².